The fraction of sp³-hybridized carbons (Fsp3) is 0.875. The second-order valence-corrected chi connectivity index (χ2v) is 3.18. The Morgan fingerprint density at radius 3 is 2.82 bits per heavy atom. The van der Waals surface area contributed by atoms with Crippen LogP contribution >= 0.6 is 0 Å². The van der Waals surface area contributed by atoms with Crippen LogP contribution in [0, 0.1) is 5.92 Å². The highest BCUT2D eigenvalue weighted by Gasteiger charge is 2.24. The zero-order valence-corrected chi connectivity index (χ0v) is 6.84. The molecule has 3 nitrogen and oxygen atoms in total. The van der Waals surface area contributed by atoms with Crippen molar-refractivity contribution in [3.63, 3.8) is 0 Å². The van der Waals surface area contributed by atoms with E-state index in [0.717, 1.165) is 19.4 Å². The molecule has 1 fully saturated rings. The van der Waals surface area contributed by atoms with Crippen molar-refractivity contribution in [2.24, 2.45) is 5.92 Å². The average molecular weight is 157 g/mol. The van der Waals surface area contributed by atoms with Crippen LogP contribution in [0.15, 0.2) is 0 Å². The quantitative estimate of drug-likeness (QED) is 0.624. The van der Waals surface area contributed by atoms with E-state index in [4.69, 9.17) is 5.11 Å². The van der Waals surface area contributed by atoms with E-state index < -0.39 is 5.97 Å². The molecule has 1 aliphatic heterocycles. The first-order chi connectivity index (χ1) is 5.22. The standard InChI is InChI=1S/C8H15NO2/c1-6(8(10)11)7-4-2-3-5-9-7/h6-7,9H,2-5H2,1H3,(H,10,11)/t6-,7?/m1/s1. The number of hydrogen-bond acceptors (Lipinski definition) is 2. The molecular formula is C8H15NO2. The summed E-state index contributed by atoms with van der Waals surface area (Å²) in [6.07, 6.45) is 3.35. The number of aliphatic carboxylic acids is 1. The maximum absolute atomic E-state index is 10.6. The molecule has 0 bridgehead atoms. The molecule has 1 aliphatic rings. The van der Waals surface area contributed by atoms with Gasteiger partial charge in [0.15, 0.2) is 0 Å². The molecule has 1 rings (SSSR count). The van der Waals surface area contributed by atoms with Gasteiger partial charge < -0.3 is 10.4 Å². The van der Waals surface area contributed by atoms with E-state index in [1.54, 1.807) is 6.92 Å². The zero-order chi connectivity index (χ0) is 8.27. The highest BCUT2D eigenvalue weighted by molar-refractivity contribution is 5.70. The molecule has 0 aliphatic carbocycles. The van der Waals surface area contributed by atoms with Gasteiger partial charge in [0, 0.05) is 6.04 Å². The van der Waals surface area contributed by atoms with Crippen LogP contribution in [0.1, 0.15) is 26.2 Å². The van der Waals surface area contributed by atoms with E-state index >= 15 is 0 Å². The van der Waals surface area contributed by atoms with E-state index in [9.17, 15) is 4.79 Å². The normalized spacial score (nSPS) is 27.9. The molecule has 64 valence electrons. The minimum atomic E-state index is -0.690. The van der Waals surface area contributed by atoms with Gasteiger partial charge in [-0.05, 0) is 19.4 Å². The molecule has 0 amide bonds. The van der Waals surface area contributed by atoms with Crippen molar-refractivity contribution in [1.82, 2.24) is 5.32 Å². The summed E-state index contributed by atoms with van der Waals surface area (Å²) in [5.41, 5.74) is 0. The van der Waals surface area contributed by atoms with Crippen molar-refractivity contribution in [1.29, 1.82) is 0 Å². The number of carbonyl (C=O) groups is 1. The number of nitrogens with one attached hydrogen (secondary N) is 1. The van der Waals surface area contributed by atoms with Gasteiger partial charge in [-0.3, -0.25) is 4.79 Å². The largest absolute Gasteiger partial charge is 0.481 e. The summed E-state index contributed by atoms with van der Waals surface area (Å²) >= 11 is 0. The van der Waals surface area contributed by atoms with Crippen LogP contribution < -0.4 is 5.32 Å². The zero-order valence-electron chi connectivity index (χ0n) is 6.84. The summed E-state index contributed by atoms with van der Waals surface area (Å²) < 4.78 is 0. The molecule has 1 saturated heterocycles. The van der Waals surface area contributed by atoms with Crippen molar-refractivity contribution >= 4 is 5.97 Å². The second-order valence-electron chi connectivity index (χ2n) is 3.18. The predicted octanol–water partition coefficient (Wildman–Crippen LogP) is 0.849. The van der Waals surface area contributed by atoms with Gasteiger partial charge in [-0.25, -0.2) is 0 Å². The number of piperidine rings is 1. The van der Waals surface area contributed by atoms with E-state index in [0.29, 0.717) is 0 Å². The lowest BCUT2D eigenvalue weighted by Crippen LogP contribution is -2.41. The number of carboxylic acids is 1. The lowest BCUT2D eigenvalue weighted by Gasteiger charge is -2.26. The van der Waals surface area contributed by atoms with Crippen LogP contribution in [0.3, 0.4) is 0 Å². The summed E-state index contributed by atoms with van der Waals surface area (Å²) in [5.74, 6) is -0.931. The molecule has 0 spiro atoms. The average Bonchev–Trinajstić information content (AvgIpc) is 2.05. The van der Waals surface area contributed by atoms with E-state index in [1.165, 1.54) is 6.42 Å². The first-order valence-corrected chi connectivity index (χ1v) is 4.18. The van der Waals surface area contributed by atoms with E-state index in [-0.39, 0.29) is 12.0 Å². The molecule has 0 radical (unpaired) electrons. The maximum atomic E-state index is 10.6. The molecule has 1 heterocycles. The molecule has 0 saturated carbocycles. The Bertz CT molecular complexity index is 141. The molecule has 0 aromatic rings. The maximum Gasteiger partial charge on any atom is 0.307 e. The molecule has 1 unspecified atom stereocenters. The SMILES string of the molecule is C[C@@H](C(=O)O)C1CCCCN1. The molecule has 11 heavy (non-hydrogen) atoms. The summed E-state index contributed by atoms with van der Waals surface area (Å²) in [6, 6.07) is 0.196. The number of rotatable bonds is 2. The Hall–Kier alpha value is -0.570. The molecule has 2 atom stereocenters. The highest BCUT2D eigenvalue weighted by atomic mass is 16.4. The molecular weight excluding hydrogens is 142 g/mol. The molecule has 0 aromatic heterocycles. The fourth-order valence-electron chi connectivity index (χ4n) is 1.48. The smallest absolute Gasteiger partial charge is 0.307 e. The van der Waals surface area contributed by atoms with Crippen LogP contribution in [-0.2, 0) is 4.79 Å². The minimum Gasteiger partial charge on any atom is -0.481 e. The Morgan fingerprint density at radius 2 is 2.36 bits per heavy atom. The van der Waals surface area contributed by atoms with Crippen LogP contribution in [-0.4, -0.2) is 23.7 Å². The van der Waals surface area contributed by atoms with Gasteiger partial charge in [0.25, 0.3) is 0 Å². The third-order valence-electron chi connectivity index (χ3n) is 2.34. The lowest BCUT2D eigenvalue weighted by molar-refractivity contribution is -0.142. The Balaban J connectivity index is 2.38. The second kappa shape index (κ2) is 3.72. The summed E-state index contributed by atoms with van der Waals surface area (Å²) in [5, 5.41) is 11.9. The van der Waals surface area contributed by atoms with Crippen LogP contribution in [0.25, 0.3) is 0 Å². The third kappa shape index (κ3) is 2.19. The van der Waals surface area contributed by atoms with Gasteiger partial charge >= 0.3 is 5.97 Å². The van der Waals surface area contributed by atoms with Crippen molar-refractivity contribution < 1.29 is 9.90 Å². The highest BCUT2D eigenvalue weighted by Crippen LogP contribution is 2.14. The van der Waals surface area contributed by atoms with Gasteiger partial charge in [0.05, 0.1) is 5.92 Å². The van der Waals surface area contributed by atoms with E-state index in [1.807, 2.05) is 0 Å². The van der Waals surface area contributed by atoms with E-state index in [2.05, 4.69) is 5.32 Å². The molecule has 0 aromatic carbocycles. The Labute approximate surface area is 66.8 Å². The Kier molecular flexibility index (Phi) is 2.88. The van der Waals surface area contributed by atoms with Crippen LogP contribution in [0.5, 0.6) is 0 Å². The minimum absolute atomic E-state index is 0.196. The van der Waals surface area contributed by atoms with Crippen molar-refractivity contribution in [3.8, 4) is 0 Å². The molecule has 2 N–H and O–H groups in total. The summed E-state index contributed by atoms with van der Waals surface area (Å²) in [4.78, 5) is 10.6. The van der Waals surface area contributed by atoms with Crippen LogP contribution in [0.2, 0.25) is 0 Å². The predicted molar refractivity (Wildman–Crippen MR) is 42.4 cm³/mol. The number of carboxylic acid groups (broad SMARTS) is 1. The summed E-state index contributed by atoms with van der Waals surface area (Å²) in [6.45, 7) is 2.74. The molecule has 3 heteroatoms. The monoisotopic (exact) mass is 157 g/mol. The van der Waals surface area contributed by atoms with Gasteiger partial charge in [0.1, 0.15) is 0 Å². The third-order valence-corrected chi connectivity index (χ3v) is 2.34. The van der Waals surface area contributed by atoms with Gasteiger partial charge in [-0.1, -0.05) is 13.3 Å². The van der Waals surface area contributed by atoms with Crippen molar-refractivity contribution in [3.05, 3.63) is 0 Å². The lowest BCUT2D eigenvalue weighted by atomic mass is 9.94. The van der Waals surface area contributed by atoms with Gasteiger partial charge in [-0.15, -0.1) is 0 Å². The fourth-order valence-corrected chi connectivity index (χ4v) is 1.48. The van der Waals surface area contributed by atoms with Gasteiger partial charge in [0.2, 0.25) is 0 Å². The Morgan fingerprint density at radius 1 is 1.64 bits per heavy atom. The van der Waals surface area contributed by atoms with Crippen molar-refractivity contribution in [2.45, 2.75) is 32.2 Å². The van der Waals surface area contributed by atoms with Crippen LogP contribution in [0.4, 0.5) is 0 Å². The van der Waals surface area contributed by atoms with Crippen molar-refractivity contribution in [2.75, 3.05) is 6.54 Å². The first kappa shape index (κ1) is 8.53. The first-order valence-electron chi connectivity index (χ1n) is 4.18. The summed E-state index contributed by atoms with van der Waals surface area (Å²) in [7, 11) is 0. The van der Waals surface area contributed by atoms with Gasteiger partial charge in [-0.2, -0.15) is 0 Å². The topological polar surface area (TPSA) is 49.3 Å². The number of hydrogen-bond donors (Lipinski definition) is 2.